The molecule has 1 aliphatic rings. The average molecular weight is 418 g/mol. The van der Waals surface area contributed by atoms with E-state index in [4.69, 9.17) is 4.74 Å². The minimum atomic E-state index is 0.0585. The van der Waals surface area contributed by atoms with Crippen molar-refractivity contribution < 1.29 is 9.53 Å². The first kappa shape index (κ1) is 18.9. The summed E-state index contributed by atoms with van der Waals surface area (Å²) in [7, 11) is 0. The van der Waals surface area contributed by atoms with Crippen molar-refractivity contribution in [3.63, 3.8) is 0 Å². The van der Waals surface area contributed by atoms with Crippen LogP contribution in [0.15, 0.2) is 53.1 Å². The summed E-state index contributed by atoms with van der Waals surface area (Å²) in [4.78, 5) is 18.9. The molecule has 0 unspecified atom stereocenters. The van der Waals surface area contributed by atoms with Gasteiger partial charge in [0.05, 0.1) is 18.7 Å². The largest absolute Gasteiger partial charge is 0.493 e. The maximum Gasteiger partial charge on any atom is 0.223 e. The normalized spacial score (nSPS) is 15.6. The van der Waals surface area contributed by atoms with Gasteiger partial charge in [0.15, 0.2) is 0 Å². The van der Waals surface area contributed by atoms with E-state index >= 15 is 0 Å². The monoisotopic (exact) mass is 417 g/mol. The molecule has 1 fully saturated rings. The molecule has 2 aromatic rings. The second-order valence-electron chi connectivity index (χ2n) is 6.49. The molecular formula is C20H24BrN3O2. The lowest BCUT2D eigenvalue weighted by Crippen LogP contribution is -2.44. The van der Waals surface area contributed by atoms with Crippen LogP contribution in [-0.2, 0) is 11.3 Å². The van der Waals surface area contributed by atoms with Crippen molar-refractivity contribution in [2.75, 3.05) is 19.7 Å². The summed E-state index contributed by atoms with van der Waals surface area (Å²) in [6.07, 6.45) is 4.16. The highest BCUT2D eigenvalue weighted by Crippen LogP contribution is 2.18. The SMILES string of the molecule is O=C(CCOc1cccc(Br)c1)NC1CCN(Cc2ccccn2)CC1. The Morgan fingerprint density at radius 1 is 1.23 bits per heavy atom. The fourth-order valence-corrected chi connectivity index (χ4v) is 3.45. The van der Waals surface area contributed by atoms with Crippen molar-refractivity contribution in [1.29, 1.82) is 0 Å². The van der Waals surface area contributed by atoms with Gasteiger partial charge in [0.1, 0.15) is 5.75 Å². The third kappa shape index (κ3) is 6.11. The highest BCUT2D eigenvalue weighted by Gasteiger charge is 2.20. The fourth-order valence-electron chi connectivity index (χ4n) is 3.07. The summed E-state index contributed by atoms with van der Waals surface area (Å²) in [6, 6.07) is 13.9. The number of halogens is 1. The molecule has 0 atom stereocenters. The van der Waals surface area contributed by atoms with Crippen LogP contribution >= 0.6 is 15.9 Å². The van der Waals surface area contributed by atoms with E-state index in [1.807, 2.05) is 42.6 Å². The fraction of sp³-hybridized carbons (Fsp3) is 0.400. The molecule has 5 nitrogen and oxygen atoms in total. The number of pyridine rings is 1. The van der Waals surface area contributed by atoms with E-state index in [1.54, 1.807) is 0 Å². The molecule has 1 aliphatic heterocycles. The van der Waals surface area contributed by atoms with Gasteiger partial charge in [-0.25, -0.2) is 0 Å². The Kier molecular flexibility index (Phi) is 7.03. The standard InChI is InChI=1S/C20H24BrN3O2/c21-16-4-3-6-19(14-16)26-13-9-20(25)23-17-7-11-24(12-8-17)15-18-5-1-2-10-22-18/h1-6,10,14,17H,7-9,11-13,15H2,(H,23,25). The van der Waals surface area contributed by atoms with Crippen molar-refractivity contribution in [1.82, 2.24) is 15.2 Å². The molecule has 0 saturated carbocycles. The minimum Gasteiger partial charge on any atom is -0.493 e. The predicted octanol–water partition coefficient (Wildman–Crippen LogP) is 3.39. The lowest BCUT2D eigenvalue weighted by molar-refractivity contribution is -0.122. The van der Waals surface area contributed by atoms with Crippen molar-refractivity contribution in [2.24, 2.45) is 0 Å². The second-order valence-corrected chi connectivity index (χ2v) is 7.41. The van der Waals surface area contributed by atoms with Crippen LogP contribution in [0.3, 0.4) is 0 Å². The number of ether oxygens (including phenoxy) is 1. The number of hydrogen-bond acceptors (Lipinski definition) is 4. The summed E-state index contributed by atoms with van der Waals surface area (Å²) in [6.45, 7) is 3.23. The summed E-state index contributed by atoms with van der Waals surface area (Å²) in [5.74, 6) is 0.832. The summed E-state index contributed by atoms with van der Waals surface area (Å²) >= 11 is 3.41. The summed E-state index contributed by atoms with van der Waals surface area (Å²) in [5, 5.41) is 3.13. The molecule has 1 aromatic heterocycles. The molecule has 2 heterocycles. The molecule has 26 heavy (non-hydrogen) atoms. The number of aromatic nitrogens is 1. The van der Waals surface area contributed by atoms with Crippen molar-refractivity contribution in [3.05, 3.63) is 58.8 Å². The molecule has 0 radical (unpaired) electrons. The molecule has 0 bridgehead atoms. The molecule has 6 heteroatoms. The third-order valence-electron chi connectivity index (χ3n) is 4.46. The van der Waals surface area contributed by atoms with Crippen LogP contribution in [0, 0.1) is 0 Å². The first-order valence-electron chi connectivity index (χ1n) is 8.99. The van der Waals surface area contributed by atoms with E-state index in [2.05, 4.69) is 37.2 Å². The zero-order valence-corrected chi connectivity index (χ0v) is 16.3. The predicted molar refractivity (Wildman–Crippen MR) is 105 cm³/mol. The van der Waals surface area contributed by atoms with Crippen LogP contribution in [0.4, 0.5) is 0 Å². The second kappa shape index (κ2) is 9.69. The number of rotatable bonds is 7. The van der Waals surface area contributed by atoms with Gasteiger partial charge in [-0.15, -0.1) is 0 Å². The Hall–Kier alpha value is -1.92. The molecule has 1 amide bonds. The topological polar surface area (TPSA) is 54.5 Å². The van der Waals surface area contributed by atoms with Crippen LogP contribution in [0.25, 0.3) is 0 Å². The number of nitrogens with one attached hydrogen (secondary N) is 1. The first-order valence-corrected chi connectivity index (χ1v) is 9.78. The smallest absolute Gasteiger partial charge is 0.223 e. The van der Waals surface area contributed by atoms with Crippen molar-refractivity contribution in [2.45, 2.75) is 31.8 Å². The Balaban J connectivity index is 1.33. The lowest BCUT2D eigenvalue weighted by atomic mass is 10.0. The van der Waals surface area contributed by atoms with Gasteiger partial charge < -0.3 is 10.1 Å². The first-order chi connectivity index (χ1) is 12.7. The van der Waals surface area contributed by atoms with E-state index in [0.29, 0.717) is 13.0 Å². The van der Waals surface area contributed by atoms with Crippen LogP contribution in [0.5, 0.6) is 5.75 Å². The van der Waals surface area contributed by atoms with Crippen LogP contribution in [-0.4, -0.2) is 41.5 Å². The van der Waals surface area contributed by atoms with E-state index in [0.717, 1.165) is 48.4 Å². The van der Waals surface area contributed by atoms with Gasteiger partial charge in [-0.1, -0.05) is 28.1 Å². The van der Waals surface area contributed by atoms with Crippen LogP contribution < -0.4 is 10.1 Å². The van der Waals surface area contributed by atoms with Gasteiger partial charge in [-0.3, -0.25) is 14.7 Å². The summed E-state index contributed by atoms with van der Waals surface area (Å²) in [5.41, 5.74) is 1.10. The maximum atomic E-state index is 12.1. The third-order valence-corrected chi connectivity index (χ3v) is 4.95. The molecule has 3 rings (SSSR count). The average Bonchev–Trinajstić information content (AvgIpc) is 2.64. The maximum absolute atomic E-state index is 12.1. The van der Waals surface area contributed by atoms with E-state index in [9.17, 15) is 4.79 Å². The number of hydrogen-bond donors (Lipinski definition) is 1. The van der Waals surface area contributed by atoms with E-state index in [-0.39, 0.29) is 11.9 Å². The number of likely N-dealkylation sites (tertiary alicyclic amines) is 1. The Labute approximate surface area is 162 Å². The highest BCUT2D eigenvalue weighted by atomic mass is 79.9. The lowest BCUT2D eigenvalue weighted by Gasteiger charge is -2.32. The van der Waals surface area contributed by atoms with Crippen molar-refractivity contribution >= 4 is 21.8 Å². The van der Waals surface area contributed by atoms with Crippen LogP contribution in [0.2, 0.25) is 0 Å². The molecule has 1 N–H and O–H groups in total. The number of piperidine rings is 1. The molecule has 138 valence electrons. The minimum absolute atomic E-state index is 0.0585. The molecule has 0 aliphatic carbocycles. The number of carbonyl (C=O) groups excluding carboxylic acids is 1. The van der Waals surface area contributed by atoms with Gasteiger partial charge in [0, 0.05) is 36.3 Å². The zero-order valence-electron chi connectivity index (χ0n) is 14.7. The molecule has 0 spiro atoms. The number of amides is 1. The number of carbonyl (C=O) groups is 1. The van der Waals surface area contributed by atoms with Crippen molar-refractivity contribution in [3.8, 4) is 5.75 Å². The highest BCUT2D eigenvalue weighted by molar-refractivity contribution is 9.10. The summed E-state index contributed by atoms with van der Waals surface area (Å²) < 4.78 is 6.59. The molecular weight excluding hydrogens is 394 g/mol. The van der Waals surface area contributed by atoms with E-state index < -0.39 is 0 Å². The van der Waals surface area contributed by atoms with Gasteiger partial charge >= 0.3 is 0 Å². The molecule has 1 aromatic carbocycles. The van der Waals surface area contributed by atoms with E-state index in [1.165, 1.54) is 0 Å². The van der Waals surface area contributed by atoms with Gasteiger partial charge in [0.25, 0.3) is 0 Å². The Morgan fingerprint density at radius 2 is 2.08 bits per heavy atom. The van der Waals surface area contributed by atoms with Gasteiger partial charge in [0.2, 0.25) is 5.91 Å². The Morgan fingerprint density at radius 3 is 2.81 bits per heavy atom. The molecule has 1 saturated heterocycles. The van der Waals surface area contributed by atoms with Gasteiger partial charge in [-0.2, -0.15) is 0 Å². The number of nitrogens with zero attached hydrogens (tertiary/aromatic N) is 2. The Bertz CT molecular complexity index is 703. The zero-order chi connectivity index (χ0) is 18.2. The quantitative estimate of drug-likeness (QED) is 0.749. The number of benzene rings is 1. The van der Waals surface area contributed by atoms with Gasteiger partial charge in [-0.05, 0) is 43.2 Å². The van der Waals surface area contributed by atoms with Crippen LogP contribution in [0.1, 0.15) is 25.0 Å².